The molecule has 0 aliphatic rings. The van der Waals surface area contributed by atoms with Crippen molar-refractivity contribution in [1.29, 1.82) is 0 Å². The van der Waals surface area contributed by atoms with Crippen molar-refractivity contribution in [3.63, 3.8) is 0 Å². The first kappa shape index (κ1) is 19.1. The van der Waals surface area contributed by atoms with Crippen LogP contribution < -0.4 is 9.46 Å². The summed E-state index contributed by atoms with van der Waals surface area (Å²) in [6.45, 7) is 1.51. The summed E-state index contributed by atoms with van der Waals surface area (Å²) in [4.78, 5) is 11.7. The third kappa shape index (κ3) is 5.14. The van der Waals surface area contributed by atoms with E-state index in [9.17, 15) is 22.0 Å². The molecule has 0 heterocycles. The average Bonchev–Trinajstić information content (AvgIpc) is 2.49. The lowest BCUT2D eigenvalue weighted by Gasteiger charge is -2.10. The molecule has 0 fully saturated rings. The minimum absolute atomic E-state index is 0.134. The number of sulfonamides is 1. The number of ether oxygens (including phenoxy) is 1. The summed E-state index contributed by atoms with van der Waals surface area (Å²) >= 11 is 5.95. The van der Waals surface area contributed by atoms with E-state index in [1.54, 1.807) is 29.8 Å². The van der Waals surface area contributed by atoms with Gasteiger partial charge in [-0.05, 0) is 36.8 Å². The zero-order valence-electron chi connectivity index (χ0n) is 13.3. The Hall–Kier alpha value is -2.19. The predicted octanol–water partition coefficient (Wildman–Crippen LogP) is 3.20. The van der Waals surface area contributed by atoms with Gasteiger partial charge in [-0.3, -0.25) is 4.79 Å². The molecule has 1 amide bonds. The molecule has 0 saturated carbocycles. The molecule has 0 aliphatic carbocycles. The maximum absolute atomic E-state index is 14.1. The molecule has 2 aromatic rings. The van der Waals surface area contributed by atoms with E-state index >= 15 is 0 Å². The molecule has 0 spiro atoms. The van der Waals surface area contributed by atoms with Gasteiger partial charge in [-0.25, -0.2) is 21.9 Å². The standard InChI is InChI=1S/C16H14ClF2NO4S/c1-9-3-4-11(6-13(9)17)24-8-10-5-15(19)12(7-14(10)18)16(21)20-25(2,22)23/h3-7H,8H2,1-2H3,(H,20,21). The summed E-state index contributed by atoms with van der Waals surface area (Å²) in [5, 5.41) is 0.469. The third-order valence-electron chi connectivity index (χ3n) is 3.20. The molecule has 0 aliphatic heterocycles. The van der Waals surface area contributed by atoms with E-state index in [4.69, 9.17) is 16.3 Å². The summed E-state index contributed by atoms with van der Waals surface area (Å²) < 4.78 is 57.0. The van der Waals surface area contributed by atoms with Crippen LogP contribution in [0.4, 0.5) is 8.78 Å². The molecule has 0 bridgehead atoms. The summed E-state index contributed by atoms with van der Waals surface area (Å²) in [6.07, 6.45) is 0.730. The van der Waals surface area contributed by atoms with Crippen LogP contribution in [-0.2, 0) is 16.6 Å². The molecule has 9 heteroatoms. The van der Waals surface area contributed by atoms with Gasteiger partial charge in [-0.1, -0.05) is 17.7 Å². The van der Waals surface area contributed by atoms with Gasteiger partial charge < -0.3 is 4.74 Å². The summed E-state index contributed by atoms with van der Waals surface area (Å²) in [5.74, 6) is -2.85. The zero-order valence-corrected chi connectivity index (χ0v) is 14.8. The van der Waals surface area contributed by atoms with Gasteiger partial charge in [0.25, 0.3) is 5.91 Å². The molecule has 0 aromatic heterocycles. The van der Waals surface area contributed by atoms with Crippen LogP contribution in [0.25, 0.3) is 0 Å². The fourth-order valence-electron chi connectivity index (χ4n) is 1.92. The zero-order chi connectivity index (χ0) is 18.8. The molecular weight excluding hydrogens is 376 g/mol. The van der Waals surface area contributed by atoms with Crippen LogP contribution in [0.2, 0.25) is 5.02 Å². The fourth-order valence-corrected chi connectivity index (χ4v) is 2.54. The van der Waals surface area contributed by atoms with Gasteiger partial charge in [0.05, 0.1) is 11.8 Å². The van der Waals surface area contributed by atoms with Crippen molar-refractivity contribution >= 4 is 27.5 Å². The fraction of sp³-hybridized carbons (Fsp3) is 0.188. The third-order valence-corrected chi connectivity index (χ3v) is 4.16. The van der Waals surface area contributed by atoms with E-state index in [0.29, 0.717) is 16.8 Å². The second kappa shape index (κ2) is 7.37. The Bertz CT molecular complexity index is 932. The molecule has 25 heavy (non-hydrogen) atoms. The van der Waals surface area contributed by atoms with Crippen LogP contribution in [0.15, 0.2) is 30.3 Å². The van der Waals surface area contributed by atoms with Gasteiger partial charge in [0.1, 0.15) is 24.0 Å². The SMILES string of the molecule is Cc1ccc(OCc2cc(F)c(C(=O)NS(C)(=O)=O)cc2F)cc1Cl. The lowest BCUT2D eigenvalue weighted by Crippen LogP contribution is -2.30. The number of nitrogens with one attached hydrogen (secondary N) is 1. The monoisotopic (exact) mass is 389 g/mol. The number of carbonyl (C=O) groups is 1. The molecule has 2 rings (SSSR count). The van der Waals surface area contributed by atoms with Crippen LogP contribution in [0.3, 0.4) is 0 Å². The smallest absolute Gasteiger partial charge is 0.267 e. The highest BCUT2D eigenvalue weighted by molar-refractivity contribution is 7.89. The Kier molecular flexibility index (Phi) is 5.64. The number of rotatable bonds is 5. The molecule has 0 atom stereocenters. The van der Waals surface area contributed by atoms with Crippen LogP contribution >= 0.6 is 11.6 Å². The largest absolute Gasteiger partial charge is 0.489 e. The molecule has 5 nitrogen and oxygen atoms in total. The number of benzene rings is 2. The summed E-state index contributed by atoms with van der Waals surface area (Å²) in [5.41, 5.74) is -0.0114. The summed E-state index contributed by atoms with van der Waals surface area (Å²) in [6, 6.07) is 6.29. The first-order valence-corrected chi connectivity index (χ1v) is 9.23. The molecule has 0 saturated heterocycles. The Morgan fingerprint density at radius 2 is 1.88 bits per heavy atom. The van der Waals surface area contributed by atoms with E-state index in [1.165, 1.54) is 0 Å². The number of amides is 1. The Balaban J connectivity index is 2.19. The molecular formula is C16H14ClF2NO4S. The van der Waals surface area contributed by atoms with Crippen molar-refractivity contribution in [3.8, 4) is 5.75 Å². The van der Waals surface area contributed by atoms with Gasteiger partial charge in [0, 0.05) is 10.6 Å². The Morgan fingerprint density at radius 1 is 1.20 bits per heavy atom. The number of aryl methyl sites for hydroxylation is 1. The van der Waals surface area contributed by atoms with Gasteiger partial charge >= 0.3 is 0 Å². The highest BCUT2D eigenvalue weighted by Crippen LogP contribution is 2.23. The minimum Gasteiger partial charge on any atom is -0.489 e. The van der Waals surface area contributed by atoms with Crippen LogP contribution in [0.5, 0.6) is 5.75 Å². The summed E-state index contributed by atoms with van der Waals surface area (Å²) in [7, 11) is -3.89. The van der Waals surface area contributed by atoms with Crippen LogP contribution in [0, 0.1) is 18.6 Å². The van der Waals surface area contributed by atoms with E-state index in [1.807, 2.05) is 0 Å². The van der Waals surface area contributed by atoms with E-state index in [-0.39, 0.29) is 12.2 Å². The predicted molar refractivity (Wildman–Crippen MR) is 89.2 cm³/mol. The van der Waals surface area contributed by atoms with Gasteiger partial charge in [-0.2, -0.15) is 0 Å². The minimum atomic E-state index is -3.89. The first-order valence-electron chi connectivity index (χ1n) is 6.96. The Morgan fingerprint density at radius 3 is 2.48 bits per heavy atom. The maximum atomic E-state index is 14.1. The van der Waals surface area contributed by atoms with Crippen LogP contribution in [0.1, 0.15) is 21.5 Å². The lowest BCUT2D eigenvalue weighted by atomic mass is 10.1. The lowest BCUT2D eigenvalue weighted by molar-refractivity contribution is 0.0977. The average molecular weight is 390 g/mol. The first-order chi connectivity index (χ1) is 11.6. The van der Waals surface area contributed by atoms with Gasteiger partial charge in [0.2, 0.25) is 10.0 Å². The van der Waals surface area contributed by atoms with E-state index < -0.39 is 33.1 Å². The van der Waals surface area contributed by atoms with Crippen molar-refractivity contribution in [2.75, 3.05) is 6.26 Å². The number of halogens is 3. The van der Waals surface area contributed by atoms with Crippen molar-refractivity contribution in [2.24, 2.45) is 0 Å². The second-order valence-corrected chi connectivity index (χ2v) is 7.48. The van der Waals surface area contributed by atoms with Crippen molar-refractivity contribution in [1.82, 2.24) is 4.72 Å². The molecule has 134 valence electrons. The van der Waals surface area contributed by atoms with Crippen molar-refractivity contribution < 1.29 is 26.7 Å². The number of hydrogen-bond donors (Lipinski definition) is 1. The molecule has 0 radical (unpaired) electrons. The normalized spacial score (nSPS) is 11.2. The maximum Gasteiger partial charge on any atom is 0.267 e. The van der Waals surface area contributed by atoms with Crippen molar-refractivity contribution in [2.45, 2.75) is 13.5 Å². The van der Waals surface area contributed by atoms with E-state index in [2.05, 4.69) is 0 Å². The molecule has 0 unspecified atom stereocenters. The number of carbonyl (C=O) groups excluding carboxylic acids is 1. The quantitative estimate of drug-likeness (QED) is 0.852. The van der Waals surface area contributed by atoms with Gasteiger partial charge in [-0.15, -0.1) is 0 Å². The topological polar surface area (TPSA) is 72.5 Å². The van der Waals surface area contributed by atoms with Crippen molar-refractivity contribution in [3.05, 3.63) is 63.7 Å². The van der Waals surface area contributed by atoms with E-state index in [0.717, 1.165) is 17.9 Å². The molecule has 1 N–H and O–H groups in total. The molecule has 2 aromatic carbocycles. The second-order valence-electron chi connectivity index (χ2n) is 5.33. The Labute approximate surface area is 148 Å². The number of hydrogen-bond acceptors (Lipinski definition) is 4. The highest BCUT2D eigenvalue weighted by atomic mass is 35.5. The van der Waals surface area contributed by atoms with Gasteiger partial charge in [0.15, 0.2) is 0 Å². The van der Waals surface area contributed by atoms with Crippen LogP contribution in [-0.4, -0.2) is 20.6 Å². The highest BCUT2D eigenvalue weighted by Gasteiger charge is 2.19.